The van der Waals surface area contributed by atoms with E-state index in [1.807, 2.05) is 34.1 Å². The van der Waals surface area contributed by atoms with Crippen molar-refractivity contribution >= 4 is 30.2 Å². The van der Waals surface area contributed by atoms with Crippen molar-refractivity contribution in [2.45, 2.75) is 38.6 Å². The Morgan fingerprint density at radius 3 is 2.43 bits per heavy atom. The molecule has 0 aromatic heterocycles. The summed E-state index contributed by atoms with van der Waals surface area (Å²) in [6.45, 7) is 3.45. The third-order valence-electron chi connectivity index (χ3n) is 6.82. The second-order valence-corrected chi connectivity index (χ2v) is 8.69. The Hall–Kier alpha value is -2.12. The number of aliphatic carboxylic acids is 1. The van der Waals surface area contributed by atoms with Gasteiger partial charge in [0.2, 0.25) is 5.91 Å². The molecule has 3 fully saturated rings. The predicted octanol–water partition coefficient (Wildman–Crippen LogP) is 2.15. The lowest BCUT2D eigenvalue weighted by Crippen LogP contribution is -2.39. The molecule has 2 amide bonds. The molecule has 1 aromatic carbocycles. The number of hydrogen-bond donors (Lipinski definition) is 2. The zero-order valence-electron chi connectivity index (χ0n) is 17.1. The summed E-state index contributed by atoms with van der Waals surface area (Å²) in [5.74, 6) is -0.576. The van der Waals surface area contributed by atoms with Crippen LogP contribution in [-0.4, -0.2) is 65.4 Å². The third kappa shape index (κ3) is 4.47. The summed E-state index contributed by atoms with van der Waals surface area (Å²) in [4.78, 5) is 40.3. The van der Waals surface area contributed by atoms with E-state index in [-0.39, 0.29) is 36.7 Å². The van der Waals surface area contributed by atoms with Gasteiger partial charge in [-0.25, -0.2) is 0 Å². The maximum Gasteiger partial charge on any atom is 0.311 e. The molecule has 164 valence electrons. The molecule has 2 aliphatic heterocycles. The highest BCUT2D eigenvalue weighted by Gasteiger charge is 2.54. The number of hydrogen-bond acceptors (Lipinski definition) is 4. The van der Waals surface area contributed by atoms with Crippen LogP contribution < -0.4 is 5.32 Å². The van der Waals surface area contributed by atoms with Crippen molar-refractivity contribution in [3.05, 3.63) is 35.4 Å². The van der Waals surface area contributed by atoms with E-state index in [0.717, 1.165) is 44.3 Å². The topological polar surface area (TPSA) is 90.0 Å². The highest BCUT2D eigenvalue weighted by atomic mass is 35.5. The molecule has 2 atom stereocenters. The van der Waals surface area contributed by atoms with Gasteiger partial charge in [-0.1, -0.05) is 18.6 Å². The quantitative estimate of drug-likeness (QED) is 0.714. The van der Waals surface area contributed by atoms with Crippen molar-refractivity contribution in [1.29, 1.82) is 0 Å². The van der Waals surface area contributed by atoms with E-state index in [1.54, 1.807) is 0 Å². The molecule has 30 heavy (non-hydrogen) atoms. The summed E-state index contributed by atoms with van der Waals surface area (Å²) in [6, 6.07) is 7.40. The first-order valence-corrected chi connectivity index (χ1v) is 10.6. The Balaban J connectivity index is 0.00000256. The Bertz CT molecular complexity index is 794. The Labute approximate surface area is 183 Å². The summed E-state index contributed by atoms with van der Waals surface area (Å²) in [5, 5.41) is 12.6. The highest BCUT2D eigenvalue weighted by Crippen LogP contribution is 2.48. The molecule has 1 aromatic rings. The van der Waals surface area contributed by atoms with Crippen LogP contribution in [-0.2, 0) is 16.1 Å². The van der Waals surface area contributed by atoms with Gasteiger partial charge in [0.15, 0.2) is 0 Å². The van der Waals surface area contributed by atoms with Crippen LogP contribution in [0.15, 0.2) is 24.3 Å². The summed E-state index contributed by atoms with van der Waals surface area (Å²) in [5.41, 5.74) is 0.971. The van der Waals surface area contributed by atoms with E-state index in [9.17, 15) is 19.5 Å². The SMILES string of the molecule is Cl.O=C(CN1C[C@@H]2CCC[C@@]2(C(=O)O)C1)NCc1ccc(C(=O)N2CCCC2)cc1. The van der Waals surface area contributed by atoms with Crippen molar-refractivity contribution in [3.8, 4) is 0 Å². The summed E-state index contributed by atoms with van der Waals surface area (Å²) in [6.07, 6.45) is 4.76. The smallest absolute Gasteiger partial charge is 0.311 e. The second-order valence-electron chi connectivity index (χ2n) is 8.69. The van der Waals surface area contributed by atoms with Crippen LogP contribution in [0.3, 0.4) is 0 Å². The van der Waals surface area contributed by atoms with Crippen LogP contribution in [0, 0.1) is 11.3 Å². The maximum atomic E-state index is 12.4. The van der Waals surface area contributed by atoms with E-state index in [2.05, 4.69) is 5.32 Å². The van der Waals surface area contributed by atoms with Gasteiger partial charge >= 0.3 is 5.97 Å². The van der Waals surface area contributed by atoms with Crippen LogP contribution in [0.25, 0.3) is 0 Å². The fourth-order valence-electron chi connectivity index (χ4n) is 5.19. The number of carboxylic acid groups (broad SMARTS) is 1. The van der Waals surface area contributed by atoms with Crippen LogP contribution in [0.1, 0.15) is 48.0 Å². The van der Waals surface area contributed by atoms with Crippen molar-refractivity contribution in [2.24, 2.45) is 11.3 Å². The fraction of sp³-hybridized carbons (Fsp3) is 0.591. The molecule has 3 aliphatic rings. The molecule has 8 heteroatoms. The fourth-order valence-corrected chi connectivity index (χ4v) is 5.19. The minimum atomic E-state index is -0.716. The van der Waals surface area contributed by atoms with E-state index in [1.165, 1.54) is 0 Å². The van der Waals surface area contributed by atoms with Crippen LogP contribution in [0.2, 0.25) is 0 Å². The standard InChI is InChI=1S/C22H29N3O4.ClH/c26-19(14-24-13-18-4-3-9-22(18,15-24)21(28)29)23-12-16-5-7-17(8-6-16)20(27)25-10-1-2-11-25;/h5-8,18H,1-4,9-15H2,(H,23,26)(H,28,29);1H/t18-,22+;/m0./s1. The number of rotatable bonds is 6. The molecule has 7 nitrogen and oxygen atoms in total. The monoisotopic (exact) mass is 435 g/mol. The Morgan fingerprint density at radius 1 is 1.10 bits per heavy atom. The number of carbonyl (C=O) groups is 3. The summed E-state index contributed by atoms with van der Waals surface area (Å²) in [7, 11) is 0. The largest absolute Gasteiger partial charge is 0.481 e. The molecular weight excluding hydrogens is 406 g/mol. The number of likely N-dealkylation sites (tertiary alicyclic amines) is 2. The van der Waals surface area contributed by atoms with Gasteiger partial charge in [0.1, 0.15) is 0 Å². The van der Waals surface area contributed by atoms with Gasteiger partial charge in [-0.15, -0.1) is 12.4 Å². The number of amides is 2. The number of halogens is 1. The molecule has 0 spiro atoms. The molecule has 0 radical (unpaired) electrons. The summed E-state index contributed by atoms with van der Waals surface area (Å²) < 4.78 is 0. The van der Waals surface area contributed by atoms with E-state index in [0.29, 0.717) is 31.6 Å². The molecule has 2 N–H and O–H groups in total. The maximum absolute atomic E-state index is 12.4. The molecule has 1 aliphatic carbocycles. The predicted molar refractivity (Wildman–Crippen MR) is 115 cm³/mol. The first-order chi connectivity index (χ1) is 14.0. The van der Waals surface area contributed by atoms with Gasteiger partial charge in [0, 0.05) is 38.3 Å². The Kier molecular flexibility index (Phi) is 7.03. The first-order valence-electron chi connectivity index (χ1n) is 10.6. The molecule has 0 bridgehead atoms. The zero-order valence-corrected chi connectivity index (χ0v) is 18.0. The molecule has 2 heterocycles. The lowest BCUT2D eigenvalue weighted by atomic mass is 9.81. The van der Waals surface area contributed by atoms with Crippen molar-refractivity contribution in [2.75, 3.05) is 32.7 Å². The van der Waals surface area contributed by atoms with Crippen molar-refractivity contribution in [1.82, 2.24) is 15.1 Å². The number of nitrogens with zero attached hydrogens (tertiary/aromatic N) is 2. The van der Waals surface area contributed by atoms with E-state index < -0.39 is 11.4 Å². The number of benzene rings is 1. The zero-order chi connectivity index (χ0) is 20.4. The van der Waals surface area contributed by atoms with Crippen molar-refractivity contribution < 1.29 is 19.5 Å². The van der Waals surface area contributed by atoms with Crippen LogP contribution in [0.5, 0.6) is 0 Å². The molecule has 0 unspecified atom stereocenters. The molecule has 4 rings (SSSR count). The Morgan fingerprint density at radius 2 is 1.80 bits per heavy atom. The molecular formula is C22H30ClN3O4. The minimum Gasteiger partial charge on any atom is -0.481 e. The first kappa shape index (κ1) is 22.6. The minimum absolute atomic E-state index is 0. The van der Waals surface area contributed by atoms with Gasteiger partial charge in [-0.05, 0) is 49.3 Å². The number of carbonyl (C=O) groups excluding carboxylic acids is 2. The number of nitrogens with one attached hydrogen (secondary N) is 1. The van der Waals surface area contributed by atoms with Crippen LogP contribution in [0.4, 0.5) is 0 Å². The number of fused-ring (bicyclic) bond motifs is 1. The lowest BCUT2D eigenvalue weighted by Gasteiger charge is -2.23. The van der Waals surface area contributed by atoms with Gasteiger partial charge < -0.3 is 15.3 Å². The van der Waals surface area contributed by atoms with E-state index >= 15 is 0 Å². The molecule has 2 saturated heterocycles. The lowest BCUT2D eigenvalue weighted by molar-refractivity contribution is -0.149. The van der Waals surface area contributed by atoms with Gasteiger partial charge in [-0.2, -0.15) is 0 Å². The summed E-state index contributed by atoms with van der Waals surface area (Å²) >= 11 is 0. The van der Waals surface area contributed by atoms with Crippen molar-refractivity contribution in [3.63, 3.8) is 0 Å². The average Bonchev–Trinajstić information content (AvgIpc) is 3.42. The highest BCUT2D eigenvalue weighted by molar-refractivity contribution is 5.94. The van der Waals surface area contributed by atoms with Gasteiger partial charge in [0.05, 0.1) is 12.0 Å². The second kappa shape index (κ2) is 9.35. The van der Waals surface area contributed by atoms with E-state index in [4.69, 9.17) is 0 Å². The third-order valence-corrected chi connectivity index (χ3v) is 6.82. The molecule has 1 saturated carbocycles. The number of carboxylic acids is 1. The van der Waals surface area contributed by atoms with Gasteiger partial charge in [0.25, 0.3) is 5.91 Å². The normalized spacial score (nSPS) is 25.6. The average molecular weight is 436 g/mol. The van der Waals surface area contributed by atoms with Gasteiger partial charge in [-0.3, -0.25) is 19.3 Å². The van der Waals surface area contributed by atoms with Crippen LogP contribution >= 0.6 is 12.4 Å².